The fraction of sp³-hybridized carbons (Fsp3) is 0.310. The van der Waals surface area contributed by atoms with E-state index in [-0.39, 0.29) is 40.8 Å². The number of pyridine rings is 1. The molecule has 1 aliphatic heterocycles. The molecule has 232 valence electrons. The lowest BCUT2D eigenvalue weighted by Crippen LogP contribution is -2.51. The molecule has 5 rings (SSSR count). The van der Waals surface area contributed by atoms with Crippen LogP contribution in [0.4, 0.5) is 32.4 Å². The molecular formula is C29H26F5N5O5. The molecule has 1 aromatic heterocycles. The molecular weight excluding hydrogens is 593 g/mol. The molecule has 0 unspecified atom stereocenters. The van der Waals surface area contributed by atoms with E-state index in [1.165, 1.54) is 19.1 Å². The first-order chi connectivity index (χ1) is 20.6. The van der Waals surface area contributed by atoms with Crippen LogP contribution in [0.5, 0.6) is 5.75 Å². The molecule has 2 atom stereocenters. The molecule has 15 heteroatoms. The predicted molar refractivity (Wildman–Crippen MR) is 146 cm³/mol. The van der Waals surface area contributed by atoms with Gasteiger partial charge >= 0.3 is 12.2 Å². The maximum absolute atomic E-state index is 14.6. The summed E-state index contributed by atoms with van der Waals surface area (Å²) < 4.78 is 77.3. The van der Waals surface area contributed by atoms with E-state index in [9.17, 15) is 41.4 Å². The number of carbonyl (C=O) groups is 3. The average molecular weight is 620 g/mol. The fourth-order valence-corrected chi connectivity index (χ4v) is 4.58. The van der Waals surface area contributed by atoms with Gasteiger partial charge in [0.2, 0.25) is 11.5 Å². The van der Waals surface area contributed by atoms with Gasteiger partial charge in [-0.1, -0.05) is 0 Å². The Morgan fingerprint density at radius 1 is 1.09 bits per heavy atom. The summed E-state index contributed by atoms with van der Waals surface area (Å²) in [6.07, 6.45) is -3.90. The lowest BCUT2D eigenvalue weighted by Gasteiger charge is -2.31. The van der Waals surface area contributed by atoms with Crippen LogP contribution in [0.2, 0.25) is 0 Å². The van der Waals surface area contributed by atoms with Crippen LogP contribution < -0.4 is 26.4 Å². The van der Waals surface area contributed by atoms with Crippen molar-refractivity contribution in [1.29, 1.82) is 0 Å². The molecule has 0 spiro atoms. The minimum Gasteiger partial charge on any atom is -0.489 e. The molecule has 2 aliphatic rings. The Kier molecular flexibility index (Phi) is 7.70. The van der Waals surface area contributed by atoms with Gasteiger partial charge in [0.15, 0.2) is 0 Å². The van der Waals surface area contributed by atoms with Gasteiger partial charge in [0.05, 0.1) is 17.9 Å². The van der Waals surface area contributed by atoms with Crippen molar-refractivity contribution in [3.63, 3.8) is 0 Å². The molecule has 1 aliphatic carbocycles. The number of benzene rings is 2. The molecule has 44 heavy (non-hydrogen) atoms. The second kappa shape index (κ2) is 11.0. The summed E-state index contributed by atoms with van der Waals surface area (Å²) in [5, 5.41) is 17.9. The van der Waals surface area contributed by atoms with E-state index in [2.05, 4.69) is 15.6 Å². The third kappa shape index (κ3) is 5.74. The molecule has 2 heterocycles. The van der Waals surface area contributed by atoms with Crippen LogP contribution >= 0.6 is 0 Å². The van der Waals surface area contributed by atoms with Crippen molar-refractivity contribution in [3.05, 3.63) is 77.0 Å². The smallest absolute Gasteiger partial charge is 0.424 e. The molecule has 2 aromatic carbocycles. The van der Waals surface area contributed by atoms with Gasteiger partial charge in [0, 0.05) is 22.7 Å². The van der Waals surface area contributed by atoms with Gasteiger partial charge in [-0.2, -0.15) is 13.2 Å². The Morgan fingerprint density at radius 3 is 2.39 bits per heavy atom. The first-order valence-corrected chi connectivity index (χ1v) is 13.3. The van der Waals surface area contributed by atoms with E-state index in [1.807, 2.05) is 5.32 Å². The van der Waals surface area contributed by atoms with Gasteiger partial charge in [0.25, 0.3) is 5.91 Å². The summed E-state index contributed by atoms with van der Waals surface area (Å²) in [6, 6.07) is 7.35. The highest BCUT2D eigenvalue weighted by Gasteiger charge is 2.57. The zero-order valence-electron chi connectivity index (χ0n) is 23.0. The van der Waals surface area contributed by atoms with E-state index in [0.29, 0.717) is 0 Å². The van der Waals surface area contributed by atoms with E-state index in [1.54, 1.807) is 0 Å². The number of anilines is 1. The number of ether oxygens (including phenoxy) is 1. The summed E-state index contributed by atoms with van der Waals surface area (Å²) in [6.45, 7) is -0.447. The number of alkyl halides is 3. The van der Waals surface area contributed by atoms with Crippen LogP contribution in [0.25, 0.3) is 11.3 Å². The Balaban J connectivity index is 1.49. The highest BCUT2D eigenvalue weighted by molar-refractivity contribution is 5.97. The zero-order valence-corrected chi connectivity index (χ0v) is 23.0. The number of hydrogen-bond acceptors (Lipinski definition) is 6. The maximum atomic E-state index is 14.6. The normalized spacial score (nSPS) is 18.9. The number of aliphatic hydroxyl groups is 1. The van der Waals surface area contributed by atoms with Crippen molar-refractivity contribution < 1.29 is 46.2 Å². The molecule has 6 N–H and O–H groups in total. The molecule has 4 amide bonds. The number of aromatic nitrogens is 1. The molecule has 0 bridgehead atoms. The predicted octanol–water partition coefficient (Wildman–Crippen LogP) is 3.63. The third-order valence-electron chi connectivity index (χ3n) is 7.52. The Morgan fingerprint density at radius 2 is 1.77 bits per heavy atom. The standard InChI is InChI=1S/C29H26F5N5O5/c1-27(25(35)41)13-44-23-18(27)11-21(39-22(23)14-2-5-16(30)6-3-14)28(43,29(32,33)34)12-36-24(40)15-4-9-19(31)20(10-15)38-26(42)37-17-7-8-17/h2-6,9-11,17,43H,7-8,12-13H2,1H3,(H2,35,41)(H,36,40)(H2,37,38,42)/t27-,28-/m0/s1. The first-order valence-electron chi connectivity index (χ1n) is 13.3. The number of halogens is 5. The molecule has 1 fully saturated rings. The van der Waals surface area contributed by atoms with Gasteiger partial charge in [-0.3, -0.25) is 9.59 Å². The van der Waals surface area contributed by atoms with E-state index >= 15 is 0 Å². The lowest BCUT2D eigenvalue weighted by atomic mass is 9.81. The van der Waals surface area contributed by atoms with Crippen LogP contribution in [0.3, 0.4) is 0 Å². The van der Waals surface area contributed by atoms with E-state index < -0.39 is 64.6 Å². The number of hydrogen-bond donors (Lipinski definition) is 5. The summed E-state index contributed by atoms with van der Waals surface area (Å²) in [5.74, 6) is -3.67. The summed E-state index contributed by atoms with van der Waals surface area (Å²) in [4.78, 5) is 41.3. The Hall–Kier alpha value is -4.79. The SMILES string of the molecule is C[C@]1(C(N)=O)COc2c1cc([C@@](O)(CNC(=O)c1ccc(F)c(NC(=O)NC3CC3)c1)C(F)(F)F)nc2-c1ccc(F)cc1. The fourth-order valence-electron chi connectivity index (χ4n) is 4.58. The van der Waals surface area contributed by atoms with Crippen molar-refractivity contribution in [3.8, 4) is 17.0 Å². The largest absolute Gasteiger partial charge is 0.489 e. The molecule has 0 radical (unpaired) electrons. The number of fused-ring (bicyclic) bond motifs is 1. The minimum absolute atomic E-state index is 0.0478. The number of primary amides is 1. The zero-order chi connectivity index (χ0) is 32.0. The third-order valence-corrected chi connectivity index (χ3v) is 7.52. The molecule has 1 saturated carbocycles. The Labute approximate surface area is 246 Å². The van der Waals surface area contributed by atoms with Crippen molar-refractivity contribution in [2.24, 2.45) is 5.73 Å². The minimum atomic E-state index is -5.43. The number of amides is 4. The van der Waals surface area contributed by atoms with Gasteiger partial charge in [-0.05, 0) is 68.3 Å². The second-order valence-electron chi connectivity index (χ2n) is 10.8. The Bertz CT molecular complexity index is 1650. The number of nitrogens with two attached hydrogens (primary N) is 1. The van der Waals surface area contributed by atoms with Gasteiger partial charge in [-0.25, -0.2) is 18.6 Å². The first kappa shape index (κ1) is 30.7. The molecule has 0 saturated heterocycles. The topological polar surface area (TPSA) is 156 Å². The van der Waals surface area contributed by atoms with Gasteiger partial charge < -0.3 is 31.5 Å². The highest BCUT2D eigenvalue weighted by Crippen LogP contribution is 2.47. The maximum Gasteiger partial charge on any atom is 0.424 e. The highest BCUT2D eigenvalue weighted by atomic mass is 19.4. The average Bonchev–Trinajstić information content (AvgIpc) is 3.71. The number of nitrogens with zero attached hydrogens (tertiary/aromatic N) is 1. The van der Waals surface area contributed by atoms with Gasteiger partial charge in [0.1, 0.15) is 35.1 Å². The van der Waals surface area contributed by atoms with Crippen LogP contribution in [-0.4, -0.2) is 53.3 Å². The quantitative estimate of drug-likeness (QED) is 0.243. The number of carbonyl (C=O) groups excluding carboxylic acids is 3. The summed E-state index contributed by atoms with van der Waals surface area (Å²) in [7, 11) is 0. The van der Waals surface area contributed by atoms with E-state index in [0.717, 1.165) is 49.2 Å². The number of nitrogens with one attached hydrogen (secondary N) is 3. The second-order valence-corrected chi connectivity index (χ2v) is 10.8. The molecule has 10 nitrogen and oxygen atoms in total. The summed E-state index contributed by atoms with van der Waals surface area (Å²) >= 11 is 0. The lowest BCUT2D eigenvalue weighted by molar-refractivity contribution is -0.265. The van der Waals surface area contributed by atoms with Crippen molar-refractivity contribution >= 4 is 23.5 Å². The van der Waals surface area contributed by atoms with Crippen LogP contribution in [-0.2, 0) is 15.8 Å². The summed E-state index contributed by atoms with van der Waals surface area (Å²) in [5.41, 5.74) is -1.79. The van der Waals surface area contributed by atoms with Crippen LogP contribution in [0.1, 0.15) is 41.4 Å². The van der Waals surface area contributed by atoms with Crippen molar-refractivity contribution in [2.45, 2.75) is 43.0 Å². The van der Waals surface area contributed by atoms with Crippen LogP contribution in [0, 0.1) is 11.6 Å². The monoisotopic (exact) mass is 619 g/mol. The van der Waals surface area contributed by atoms with Crippen LogP contribution in [0.15, 0.2) is 48.5 Å². The van der Waals surface area contributed by atoms with E-state index in [4.69, 9.17) is 10.5 Å². The number of rotatable bonds is 8. The number of urea groups is 1. The van der Waals surface area contributed by atoms with Crippen molar-refractivity contribution in [2.75, 3.05) is 18.5 Å². The molecule has 3 aromatic rings. The van der Waals surface area contributed by atoms with Gasteiger partial charge in [-0.15, -0.1) is 0 Å². The van der Waals surface area contributed by atoms with Crippen molar-refractivity contribution in [1.82, 2.24) is 15.6 Å².